The van der Waals surface area contributed by atoms with Gasteiger partial charge < -0.3 is 13.3 Å². The Morgan fingerprint density at radius 3 is 0.886 bits per heavy atom. The normalized spacial score (nSPS) is 13.4. The second kappa shape index (κ2) is 29.9. The van der Waals surface area contributed by atoms with Gasteiger partial charge in [0.2, 0.25) is 37.8 Å². The summed E-state index contributed by atoms with van der Waals surface area (Å²) in [6.45, 7) is 0.539. The predicted molar refractivity (Wildman–Crippen MR) is 502 cm³/mol. The van der Waals surface area contributed by atoms with Gasteiger partial charge in [0.25, 0.3) is 25.7 Å². The molecule has 16 aromatic rings. The van der Waals surface area contributed by atoms with Crippen LogP contribution < -0.4 is 124 Å². The maximum Gasteiger partial charge on any atom is 0.358 e. The Labute approximate surface area is 695 Å². The lowest BCUT2D eigenvalue weighted by atomic mass is 9.11. The zero-order valence-electron chi connectivity index (χ0n) is 61.2. The summed E-state index contributed by atoms with van der Waals surface area (Å²) < 4.78 is 20.6. The zero-order chi connectivity index (χ0) is 75.2. The van der Waals surface area contributed by atoms with Gasteiger partial charge in [0.15, 0.2) is 4.67 Å². The second-order valence-corrected chi connectivity index (χ2v) is 32.2. The van der Waals surface area contributed by atoms with Gasteiger partial charge in [-0.2, -0.15) is 0 Å². The van der Waals surface area contributed by atoms with Crippen molar-refractivity contribution in [3.05, 3.63) is 404 Å². The molecule has 0 saturated carbocycles. The number of rotatable bonds is 11. The lowest BCUT2D eigenvalue weighted by Crippen LogP contribution is -2.89. The van der Waals surface area contributed by atoms with E-state index in [9.17, 15) is 0 Å². The molecule has 9 heterocycles. The number of benzene rings is 13. The summed E-state index contributed by atoms with van der Waals surface area (Å²) in [5.74, 6) is 2.36. The number of nitrogens with zero attached hydrogens (tertiary/aromatic N) is 3. The SMILES string of the molecule is BrB1C2=C(C=C[C+]=C2)B2c3cccc4c3B(c3ccccc3B4Br)c3cccc1c32.Brc1ccc(N(c2ccccc2)c2ccccc2)o1.C.[2HH].c1ccc(N(c2ccccc2)c2ccc(B3c4ccccc4B4c5cccc6c5B(c5ccccc5B6c5ccc(N(c6ccccc6)c6ccccc6)o5)c5cccc3c54)o2)cc1. The molecule has 3 aromatic heterocycles. The molecule has 114 heavy (non-hydrogen) atoms. The number of halogens is 3. The van der Waals surface area contributed by atoms with Crippen LogP contribution in [0.3, 0.4) is 0 Å². The number of allylic oxidation sites excluding steroid dienone is 6. The molecule has 0 amide bonds. The fraction of sp³-hybridized carbons (Fsp3) is 0.0103. The number of fused-ring (bicyclic) bond motifs is 11. The fourth-order valence-electron chi connectivity index (χ4n) is 19.2. The predicted octanol–water partition coefficient (Wildman–Crippen LogP) is 11.1. The Morgan fingerprint density at radius 1 is 0.246 bits per heavy atom. The third kappa shape index (κ3) is 12.0. The Balaban J connectivity index is 0.000000142. The van der Waals surface area contributed by atoms with E-state index in [2.05, 4.69) is 402 Å². The highest BCUT2D eigenvalue weighted by molar-refractivity contribution is 9.25. The molecule has 23 rings (SSSR count). The molecule has 6 aliphatic heterocycles. The molecule has 7 aliphatic rings. The molecule has 0 radical (unpaired) electrons. The van der Waals surface area contributed by atoms with Gasteiger partial charge in [-0.15, -0.1) is 31.5 Å². The number of furan rings is 3. The van der Waals surface area contributed by atoms with Gasteiger partial charge in [-0.3, -0.25) is 14.7 Å². The summed E-state index contributed by atoms with van der Waals surface area (Å²) in [5, 5.41) is 0. The number of para-hydroxylation sites is 6. The minimum atomic E-state index is -0.0837. The summed E-state index contributed by atoms with van der Waals surface area (Å²) in [5.41, 5.74) is 36.3. The van der Waals surface area contributed by atoms with E-state index in [1.165, 1.54) is 109 Å². The van der Waals surface area contributed by atoms with E-state index in [-0.39, 0.29) is 53.5 Å². The molecule has 0 spiro atoms. The molecule has 1 aliphatic carbocycles. The van der Waals surface area contributed by atoms with Crippen molar-refractivity contribution in [3.63, 3.8) is 0 Å². The van der Waals surface area contributed by atoms with Crippen molar-refractivity contribution in [1.82, 2.24) is 0 Å². The Kier molecular flexibility index (Phi) is 18.7. The van der Waals surface area contributed by atoms with Gasteiger partial charge in [-0.05, 0) is 107 Å². The lowest BCUT2D eigenvalue weighted by Gasteiger charge is -2.42. The van der Waals surface area contributed by atoms with Gasteiger partial charge in [-0.25, -0.2) is 0 Å². The van der Waals surface area contributed by atoms with Crippen LogP contribution in [0.25, 0.3) is 0 Å². The Hall–Kier alpha value is -11.8. The third-order valence-electron chi connectivity index (χ3n) is 23.7. The standard InChI is InChI=1S/C56H38B4N2O2.C24H13B4Br2.C16H12BrNO.CH4.H2/c1-5-19-39(20-6-1)61(40-21-7-2-8-22-40)53-37-35-51(63-53)57-43-27-13-15-29-45(43)59-50-34-18-32-48-56(50)60(49-33-17-31-47(57)55(49)59)46-30-16-14-28-44(46)58(48)52-36-38-54(64-52)62(41-23-9-3-10-24-41)42-25-11-4-12-26-42;29-27-17-9-3-1-7-15(17)25-19-11-5-14-22-24(19)26(20-12-6-13-21(27)23(20)25)16-8-2-4-10-18(16)28(22)30;17-15-11-12-16(19-15)18(13-7-3-1-4-8-13)14-9-5-2-6-10-14;;/h1-38H;1-3,5-14H;1-12H;1H4;1H/q;+1;;;/i;;;;1+1. The largest absolute Gasteiger partial charge is 0.454 e. The number of hydrogen-bond donors (Lipinski definition) is 0. The van der Waals surface area contributed by atoms with Crippen LogP contribution in [0, 0.1) is 6.08 Å². The Bertz CT molecular complexity index is 6090. The second-order valence-electron chi connectivity index (χ2n) is 29.6. The van der Waals surface area contributed by atoms with Crippen molar-refractivity contribution in [2.75, 3.05) is 14.7 Å². The first-order valence-corrected chi connectivity index (χ1v) is 41.2. The summed E-state index contributed by atoms with van der Waals surface area (Å²) in [6, 6.07) is 130. The van der Waals surface area contributed by atoms with Crippen molar-refractivity contribution in [3.8, 4) is 0 Å². The molecule has 0 saturated heterocycles. The highest BCUT2D eigenvalue weighted by Gasteiger charge is 2.54. The maximum absolute atomic E-state index is 7.09. The van der Waals surface area contributed by atoms with E-state index < -0.39 is 0 Å². The first kappa shape index (κ1) is 71.2. The third-order valence-corrected chi connectivity index (χ3v) is 26.1. The topological polar surface area (TPSA) is 49.1 Å². The molecule has 17 heteroatoms. The monoisotopic (exact) mass is 1650 g/mol. The van der Waals surface area contributed by atoms with Crippen LogP contribution in [0.4, 0.5) is 51.8 Å². The van der Waals surface area contributed by atoms with E-state index in [4.69, 9.17) is 13.3 Å². The van der Waals surface area contributed by atoms with Gasteiger partial charge in [0.05, 0.1) is 17.4 Å². The minimum absolute atomic E-state index is 0. The molecule has 0 bridgehead atoms. The first-order valence-electron chi connectivity index (χ1n) is 38.6. The molecular formula is C97H69B8Br3N3O3+. The van der Waals surface area contributed by atoms with Gasteiger partial charge in [0.1, 0.15) is 6.08 Å². The van der Waals surface area contributed by atoms with Crippen LogP contribution in [-0.2, 0) is 0 Å². The van der Waals surface area contributed by atoms with Crippen molar-refractivity contribution < 1.29 is 14.7 Å². The summed E-state index contributed by atoms with van der Waals surface area (Å²) >= 11 is 11.4. The van der Waals surface area contributed by atoms with Crippen LogP contribution in [0.1, 0.15) is 8.85 Å². The molecule has 13 aromatic carbocycles. The van der Waals surface area contributed by atoms with Crippen LogP contribution in [-0.4, -0.2) is 51.4 Å². The van der Waals surface area contributed by atoms with E-state index in [1.807, 2.05) is 48.5 Å². The van der Waals surface area contributed by atoms with Gasteiger partial charge in [-0.1, -0.05) is 361 Å². The molecule has 0 unspecified atom stereocenters. The van der Waals surface area contributed by atoms with Crippen LogP contribution in [0.2, 0.25) is 0 Å². The highest BCUT2D eigenvalue weighted by atomic mass is 79.9. The Morgan fingerprint density at radius 2 is 0.518 bits per heavy atom. The van der Waals surface area contributed by atoms with Gasteiger partial charge >= 0.3 is 5.54 Å². The van der Waals surface area contributed by atoms with Crippen LogP contribution >= 0.6 is 47.4 Å². The van der Waals surface area contributed by atoms with E-state index in [0.29, 0.717) is 6.71 Å². The quantitative estimate of drug-likeness (QED) is 0.0950. The first-order chi connectivity index (χ1) is 55.9. The average Bonchev–Trinajstić information content (AvgIpc) is 1.35. The smallest absolute Gasteiger partial charge is 0.358 e. The summed E-state index contributed by atoms with van der Waals surface area (Å²) in [7, 11) is 0. The number of hydrogen-bond acceptors (Lipinski definition) is 6. The average molecular weight is 1650 g/mol. The van der Waals surface area contributed by atoms with Crippen molar-refractivity contribution in [1.29, 1.82) is 0 Å². The lowest BCUT2D eigenvalue weighted by molar-refractivity contribution is 0.548. The fourth-order valence-corrected chi connectivity index (χ4v) is 21.1. The molecular weight excluding hydrogens is 1580 g/mol. The minimum Gasteiger partial charge on any atom is -0.454 e. The zero-order valence-corrected chi connectivity index (χ0v) is 66.0. The van der Waals surface area contributed by atoms with Crippen molar-refractivity contribution >= 4 is 260 Å². The number of anilines is 9. The van der Waals surface area contributed by atoms with Crippen molar-refractivity contribution in [2.45, 2.75) is 7.43 Å². The summed E-state index contributed by atoms with van der Waals surface area (Å²) in [6.07, 6.45) is 9.81. The van der Waals surface area contributed by atoms with E-state index >= 15 is 0 Å². The maximum atomic E-state index is 7.09. The van der Waals surface area contributed by atoms with E-state index in [1.54, 1.807) is 0 Å². The summed E-state index contributed by atoms with van der Waals surface area (Å²) in [4.78, 5) is 6.49. The molecule has 0 atom stereocenters. The van der Waals surface area contributed by atoms with Gasteiger partial charge in [0, 0.05) is 76.8 Å². The highest BCUT2D eigenvalue weighted by Crippen LogP contribution is 2.39. The molecule has 534 valence electrons. The van der Waals surface area contributed by atoms with Crippen LogP contribution in [0.5, 0.6) is 0 Å². The molecule has 0 N–H and O–H groups in total. The van der Waals surface area contributed by atoms with E-state index in [0.717, 1.165) is 67.8 Å². The van der Waals surface area contributed by atoms with Crippen LogP contribution in [0.15, 0.2) is 411 Å². The molecule has 0 fully saturated rings. The molecule has 6 nitrogen and oxygen atoms in total. The van der Waals surface area contributed by atoms with Crippen molar-refractivity contribution in [2.24, 2.45) is 0 Å².